The molecule has 1 rings (SSSR count). The summed E-state index contributed by atoms with van der Waals surface area (Å²) in [5.74, 6) is -0.132. The molecular formula is C11H12F3. The fraction of sp³-hybridized carbons (Fsp3) is 0.364. The Balaban J connectivity index is 3.30. The van der Waals surface area contributed by atoms with E-state index in [1.54, 1.807) is 19.9 Å². The van der Waals surface area contributed by atoms with E-state index in [-0.39, 0.29) is 5.92 Å². The highest BCUT2D eigenvalue weighted by Crippen LogP contribution is 2.35. The van der Waals surface area contributed by atoms with Crippen LogP contribution in [-0.4, -0.2) is 0 Å². The number of hydrogen-bond donors (Lipinski definition) is 0. The fourth-order valence-corrected chi connectivity index (χ4v) is 1.35. The Labute approximate surface area is 81.8 Å². The van der Waals surface area contributed by atoms with Crippen molar-refractivity contribution < 1.29 is 13.2 Å². The van der Waals surface area contributed by atoms with Gasteiger partial charge in [-0.2, -0.15) is 13.2 Å². The molecule has 1 aromatic carbocycles. The summed E-state index contributed by atoms with van der Waals surface area (Å²) < 4.78 is 37.7. The smallest absolute Gasteiger partial charge is 0.166 e. The molecule has 77 valence electrons. The van der Waals surface area contributed by atoms with E-state index in [2.05, 4.69) is 6.92 Å². The molecule has 0 amide bonds. The largest absolute Gasteiger partial charge is 0.416 e. The number of rotatable bonds is 1. The summed E-state index contributed by atoms with van der Waals surface area (Å²) >= 11 is 0. The van der Waals surface area contributed by atoms with Gasteiger partial charge in [-0.1, -0.05) is 26.0 Å². The predicted octanol–water partition coefficient (Wildman–Crippen LogP) is 4.01. The van der Waals surface area contributed by atoms with Crippen molar-refractivity contribution >= 4 is 0 Å². The van der Waals surface area contributed by atoms with Crippen LogP contribution < -0.4 is 0 Å². The van der Waals surface area contributed by atoms with Gasteiger partial charge in [-0.3, -0.25) is 0 Å². The number of benzene rings is 1. The average molecular weight is 201 g/mol. The molecule has 1 radical (unpaired) electrons. The molecule has 0 saturated heterocycles. The molecule has 0 unspecified atom stereocenters. The van der Waals surface area contributed by atoms with Crippen LogP contribution in [0.3, 0.4) is 0 Å². The predicted molar refractivity (Wildman–Crippen MR) is 50.0 cm³/mol. The van der Waals surface area contributed by atoms with E-state index in [1.807, 2.05) is 0 Å². The lowest BCUT2D eigenvalue weighted by atomic mass is 9.95. The van der Waals surface area contributed by atoms with Gasteiger partial charge in [0.1, 0.15) is 0 Å². The van der Waals surface area contributed by atoms with Crippen LogP contribution in [0.1, 0.15) is 36.5 Å². The molecule has 0 aliphatic heterocycles. The minimum Gasteiger partial charge on any atom is -0.166 e. The molecule has 0 N–H and O–H groups in total. The maximum absolute atomic E-state index is 12.6. The molecule has 0 spiro atoms. The lowest BCUT2D eigenvalue weighted by Gasteiger charge is -2.15. The first-order valence-corrected chi connectivity index (χ1v) is 4.35. The van der Waals surface area contributed by atoms with Crippen LogP contribution >= 0.6 is 0 Å². The summed E-state index contributed by atoms with van der Waals surface area (Å²) in [7, 11) is 0. The van der Waals surface area contributed by atoms with Crippen molar-refractivity contribution in [3.05, 3.63) is 41.8 Å². The Morgan fingerprint density at radius 1 is 1.21 bits per heavy atom. The summed E-state index contributed by atoms with van der Waals surface area (Å²) in [6.07, 6.45) is -4.28. The summed E-state index contributed by atoms with van der Waals surface area (Å²) in [5, 5.41) is 0. The molecule has 0 heterocycles. The van der Waals surface area contributed by atoms with Gasteiger partial charge in [0.2, 0.25) is 0 Å². The molecule has 0 saturated carbocycles. The minimum atomic E-state index is -4.28. The van der Waals surface area contributed by atoms with Crippen molar-refractivity contribution in [3.8, 4) is 0 Å². The maximum atomic E-state index is 12.6. The second-order valence-corrected chi connectivity index (χ2v) is 3.57. The van der Waals surface area contributed by atoms with E-state index in [1.165, 1.54) is 6.07 Å². The molecule has 0 atom stereocenters. The van der Waals surface area contributed by atoms with Crippen molar-refractivity contribution in [2.45, 2.75) is 25.9 Å². The molecule has 0 aliphatic carbocycles. The molecule has 3 heteroatoms. The average Bonchev–Trinajstić information content (AvgIpc) is 2.01. The van der Waals surface area contributed by atoms with Crippen molar-refractivity contribution in [2.75, 3.05) is 0 Å². The van der Waals surface area contributed by atoms with Gasteiger partial charge in [0.25, 0.3) is 0 Å². The zero-order chi connectivity index (χ0) is 10.9. The second kappa shape index (κ2) is 3.64. The Hall–Kier alpha value is -0.990. The van der Waals surface area contributed by atoms with Crippen LogP contribution in [0, 0.1) is 6.92 Å². The number of hydrogen-bond acceptors (Lipinski definition) is 0. The van der Waals surface area contributed by atoms with E-state index < -0.39 is 11.7 Å². The van der Waals surface area contributed by atoms with Crippen molar-refractivity contribution in [1.82, 2.24) is 0 Å². The molecule has 0 nitrogen and oxygen atoms in total. The van der Waals surface area contributed by atoms with E-state index >= 15 is 0 Å². The number of alkyl halides is 3. The monoisotopic (exact) mass is 201 g/mol. The van der Waals surface area contributed by atoms with Crippen LogP contribution in [0.5, 0.6) is 0 Å². The van der Waals surface area contributed by atoms with E-state index in [4.69, 9.17) is 0 Å². The van der Waals surface area contributed by atoms with E-state index in [0.717, 1.165) is 6.07 Å². The topological polar surface area (TPSA) is 0 Å². The summed E-state index contributed by atoms with van der Waals surface area (Å²) in [6.45, 7) is 6.98. The Bertz CT molecular complexity index is 324. The highest BCUT2D eigenvalue weighted by molar-refractivity contribution is 5.37. The van der Waals surface area contributed by atoms with Gasteiger partial charge in [0.15, 0.2) is 0 Å². The molecule has 0 aromatic heterocycles. The van der Waals surface area contributed by atoms with Gasteiger partial charge in [-0.25, -0.2) is 0 Å². The van der Waals surface area contributed by atoms with Crippen molar-refractivity contribution in [3.63, 3.8) is 0 Å². The molecular weight excluding hydrogens is 189 g/mol. The van der Waals surface area contributed by atoms with Gasteiger partial charge in [0.05, 0.1) is 5.56 Å². The zero-order valence-electron chi connectivity index (χ0n) is 8.15. The lowest BCUT2D eigenvalue weighted by molar-refractivity contribution is -0.138. The first-order chi connectivity index (χ1) is 6.32. The third-order valence-corrected chi connectivity index (χ3v) is 2.05. The highest BCUT2D eigenvalue weighted by atomic mass is 19.4. The number of halogens is 3. The standard InChI is InChI=1S/C11H12F3/c1-7(2)9-5-4-8(3)6-10(9)11(12,13)14/h4-7H,3H2,1-2H3. The highest BCUT2D eigenvalue weighted by Gasteiger charge is 2.33. The Kier molecular flexibility index (Phi) is 2.88. The zero-order valence-corrected chi connectivity index (χ0v) is 8.15. The third kappa shape index (κ3) is 2.28. The quantitative estimate of drug-likeness (QED) is 0.644. The van der Waals surface area contributed by atoms with Crippen LogP contribution in [0.25, 0.3) is 0 Å². The van der Waals surface area contributed by atoms with Crippen LogP contribution in [0.15, 0.2) is 18.2 Å². The van der Waals surface area contributed by atoms with Crippen LogP contribution in [0.2, 0.25) is 0 Å². The third-order valence-electron chi connectivity index (χ3n) is 2.05. The first kappa shape index (κ1) is 11.1. The van der Waals surface area contributed by atoms with Gasteiger partial charge >= 0.3 is 6.18 Å². The lowest BCUT2D eigenvalue weighted by Crippen LogP contribution is -2.10. The Morgan fingerprint density at radius 2 is 1.79 bits per heavy atom. The summed E-state index contributed by atoms with van der Waals surface area (Å²) in [4.78, 5) is 0. The fourth-order valence-electron chi connectivity index (χ4n) is 1.35. The second-order valence-electron chi connectivity index (χ2n) is 3.57. The normalized spacial score (nSPS) is 12.2. The van der Waals surface area contributed by atoms with Gasteiger partial charge < -0.3 is 0 Å². The van der Waals surface area contributed by atoms with Crippen LogP contribution in [-0.2, 0) is 6.18 Å². The van der Waals surface area contributed by atoms with Crippen molar-refractivity contribution in [2.24, 2.45) is 0 Å². The molecule has 0 fully saturated rings. The SMILES string of the molecule is [CH2]c1ccc(C(C)C)c(C(F)(F)F)c1. The summed E-state index contributed by atoms with van der Waals surface area (Å²) in [5.41, 5.74) is 0.145. The van der Waals surface area contributed by atoms with Gasteiger partial charge in [-0.15, -0.1) is 0 Å². The van der Waals surface area contributed by atoms with E-state index in [0.29, 0.717) is 11.1 Å². The molecule has 14 heavy (non-hydrogen) atoms. The minimum absolute atomic E-state index is 0.132. The molecule has 0 bridgehead atoms. The van der Waals surface area contributed by atoms with Gasteiger partial charge in [-0.05, 0) is 30.0 Å². The first-order valence-electron chi connectivity index (χ1n) is 4.35. The van der Waals surface area contributed by atoms with Gasteiger partial charge in [0, 0.05) is 0 Å². The maximum Gasteiger partial charge on any atom is 0.416 e. The molecule has 1 aromatic rings. The summed E-state index contributed by atoms with van der Waals surface area (Å²) in [6, 6.07) is 4.19. The molecule has 0 aliphatic rings. The van der Waals surface area contributed by atoms with E-state index in [9.17, 15) is 13.2 Å². The van der Waals surface area contributed by atoms with Crippen molar-refractivity contribution in [1.29, 1.82) is 0 Å². The van der Waals surface area contributed by atoms with Crippen LogP contribution in [0.4, 0.5) is 13.2 Å². The Morgan fingerprint density at radius 3 is 2.21 bits per heavy atom.